The largest absolute Gasteiger partial charge is 1.00 e. The highest BCUT2D eigenvalue weighted by atomic mass is 127. The molecule has 0 atom stereocenters. The minimum Gasteiger partial charge on any atom is -1.00 e. The van der Waals surface area contributed by atoms with Crippen LogP contribution >= 0.6 is 0 Å². The van der Waals surface area contributed by atoms with Gasteiger partial charge in [-0.05, 0) is 62.2 Å². The van der Waals surface area contributed by atoms with E-state index in [1.807, 2.05) is 50.2 Å². The Hall–Kier alpha value is -2.85. The molecule has 1 fully saturated rings. The van der Waals surface area contributed by atoms with E-state index in [0.717, 1.165) is 58.2 Å². The number of ether oxygens (including phenoxy) is 1. The van der Waals surface area contributed by atoms with E-state index in [-0.39, 0.29) is 42.3 Å². The molecule has 0 saturated carbocycles. The lowest BCUT2D eigenvalue weighted by Crippen LogP contribution is -3.00. The van der Waals surface area contributed by atoms with Gasteiger partial charge in [-0.3, -0.25) is 9.78 Å². The summed E-state index contributed by atoms with van der Waals surface area (Å²) in [5.74, 6) is -1.02. The third kappa shape index (κ3) is 6.71. The van der Waals surface area contributed by atoms with Gasteiger partial charge >= 0.3 is 0 Å². The minimum atomic E-state index is -0.892. The van der Waals surface area contributed by atoms with Crippen molar-refractivity contribution < 1.29 is 46.8 Å². The van der Waals surface area contributed by atoms with Gasteiger partial charge in [0.2, 0.25) is 0 Å². The molecule has 5 rings (SSSR count). The van der Waals surface area contributed by atoms with Gasteiger partial charge in [0.15, 0.2) is 17.4 Å². The van der Waals surface area contributed by atoms with Crippen LogP contribution in [0.3, 0.4) is 0 Å². The summed E-state index contributed by atoms with van der Waals surface area (Å²) in [6, 6.07) is 15.7. The minimum absolute atomic E-state index is 0. The Morgan fingerprint density at radius 3 is 2.50 bits per heavy atom. The van der Waals surface area contributed by atoms with E-state index in [2.05, 4.69) is 16.6 Å². The maximum atomic E-state index is 14.0. The van der Waals surface area contributed by atoms with E-state index in [9.17, 15) is 13.6 Å². The molecule has 2 aromatic carbocycles. The van der Waals surface area contributed by atoms with Gasteiger partial charge in [-0.25, -0.2) is 8.78 Å². The van der Waals surface area contributed by atoms with Crippen molar-refractivity contribution in [1.29, 1.82) is 0 Å². The maximum absolute atomic E-state index is 14.0. The SMILES string of the molecule is CC(C)Oc1ccc2c(C(=O)CCc3ccc(F)c(F)c3)c(C[N+]3(C)CCCC3)n(Cc3ccccn3)c2c1.[I-]. The second-order valence-electron chi connectivity index (χ2n) is 11.2. The Morgan fingerprint density at radius 1 is 1.05 bits per heavy atom. The van der Waals surface area contributed by atoms with Crippen molar-refractivity contribution >= 4 is 16.7 Å². The summed E-state index contributed by atoms with van der Waals surface area (Å²) < 4.78 is 36.4. The van der Waals surface area contributed by atoms with Crippen LogP contribution in [0, 0.1) is 11.6 Å². The number of fused-ring (bicyclic) bond motifs is 1. The number of quaternary nitrogens is 1. The maximum Gasteiger partial charge on any atom is 0.165 e. The zero-order chi connectivity index (χ0) is 27.6. The van der Waals surface area contributed by atoms with Crippen LogP contribution in [-0.4, -0.2) is 46.1 Å². The highest BCUT2D eigenvalue weighted by molar-refractivity contribution is 6.10. The lowest BCUT2D eigenvalue weighted by molar-refractivity contribution is -0.911. The molecular formula is C32H36F2IN3O2. The van der Waals surface area contributed by atoms with Gasteiger partial charge in [0.25, 0.3) is 0 Å². The summed E-state index contributed by atoms with van der Waals surface area (Å²) in [7, 11) is 2.26. The molecular weight excluding hydrogens is 623 g/mol. The van der Waals surface area contributed by atoms with Crippen molar-refractivity contribution in [2.24, 2.45) is 0 Å². The average Bonchev–Trinajstić information content (AvgIpc) is 3.46. The standard InChI is InChI=1S/C32H36F2N3O2.HI/c1-22(2)39-25-11-12-26-29(19-25)36(20-24-8-4-5-15-35-24)30(21-37(3)16-6-7-17-37)32(26)31(38)14-10-23-9-13-27(33)28(34)18-23;/h4-5,8-9,11-13,15,18-19,22H,6-7,10,14,16-17,20-21H2,1-3H3;1H/q+1;/p-1. The summed E-state index contributed by atoms with van der Waals surface area (Å²) in [5.41, 5.74) is 4.17. The fourth-order valence-electron chi connectivity index (χ4n) is 5.73. The number of pyridine rings is 1. The lowest BCUT2D eigenvalue weighted by Gasteiger charge is -2.30. The van der Waals surface area contributed by atoms with Crippen LogP contribution in [0.1, 0.15) is 60.4 Å². The van der Waals surface area contributed by atoms with Crippen LogP contribution in [0.15, 0.2) is 60.8 Å². The molecule has 0 radical (unpaired) electrons. The zero-order valence-corrected chi connectivity index (χ0v) is 25.5. The third-order valence-electron chi connectivity index (χ3n) is 7.64. The van der Waals surface area contributed by atoms with Crippen molar-refractivity contribution in [2.75, 3.05) is 20.1 Å². The fraction of sp³-hybridized carbons (Fsp3) is 0.375. The number of likely N-dealkylation sites (tertiary alicyclic amines) is 1. The van der Waals surface area contributed by atoms with Crippen LogP contribution in [0.25, 0.3) is 10.9 Å². The summed E-state index contributed by atoms with van der Waals surface area (Å²) in [4.78, 5) is 18.6. The van der Waals surface area contributed by atoms with E-state index < -0.39 is 11.6 Å². The molecule has 0 amide bonds. The second kappa shape index (κ2) is 12.8. The number of benzene rings is 2. The number of aromatic nitrogens is 2. The van der Waals surface area contributed by atoms with Gasteiger partial charge in [-0.1, -0.05) is 12.1 Å². The third-order valence-corrected chi connectivity index (χ3v) is 7.64. The number of ketones is 1. The molecule has 5 nitrogen and oxygen atoms in total. The van der Waals surface area contributed by atoms with E-state index >= 15 is 0 Å². The van der Waals surface area contributed by atoms with Crippen LogP contribution in [0.5, 0.6) is 5.75 Å². The first kappa shape index (κ1) is 30.1. The van der Waals surface area contributed by atoms with E-state index in [1.54, 1.807) is 12.3 Å². The molecule has 2 aromatic heterocycles. The van der Waals surface area contributed by atoms with Crippen molar-refractivity contribution in [1.82, 2.24) is 9.55 Å². The number of nitrogens with zero attached hydrogens (tertiary/aromatic N) is 3. The molecule has 0 unspecified atom stereocenters. The van der Waals surface area contributed by atoms with Gasteiger partial charge in [0.05, 0.1) is 55.3 Å². The molecule has 40 heavy (non-hydrogen) atoms. The van der Waals surface area contributed by atoms with Crippen LogP contribution in [-0.2, 0) is 19.5 Å². The van der Waals surface area contributed by atoms with Gasteiger partial charge < -0.3 is 37.8 Å². The van der Waals surface area contributed by atoms with Crippen LogP contribution < -0.4 is 28.7 Å². The summed E-state index contributed by atoms with van der Waals surface area (Å²) in [5, 5.41) is 0.887. The Bertz CT molecular complexity index is 1480. The first-order valence-corrected chi connectivity index (χ1v) is 13.7. The van der Waals surface area contributed by atoms with Crippen molar-refractivity contribution in [3.63, 3.8) is 0 Å². The lowest BCUT2D eigenvalue weighted by atomic mass is 9.99. The Morgan fingerprint density at radius 2 is 1.82 bits per heavy atom. The number of aryl methyl sites for hydroxylation is 1. The highest BCUT2D eigenvalue weighted by Gasteiger charge is 2.33. The first-order valence-electron chi connectivity index (χ1n) is 13.7. The number of carbonyl (C=O) groups is 1. The van der Waals surface area contributed by atoms with E-state index in [0.29, 0.717) is 24.1 Å². The number of hydrogen-bond donors (Lipinski definition) is 0. The predicted molar refractivity (Wildman–Crippen MR) is 149 cm³/mol. The molecule has 1 aliphatic heterocycles. The average molecular weight is 660 g/mol. The summed E-state index contributed by atoms with van der Waals surface area (Å²) in [6.07, 6.45) is 4.69. The quantitative estimate of drug-likeness (QED) is 0.148. The Kier molecular flexibility index (Phi) is 9.61. The first-order chi connectivity index (χ1) is 18.7. The topological polar surface area (TPSA) is 44.1 Å². The Balaban J connectivity index is 0.00000370. The van der Waals surface area contributed by atoms with Crippen molar-refractivity contribution in [2.45, 2.75) is 58.7 Å². The molecule has 0 N–H and O–H groups in total. The molecule has 0 spiro atoms. The van der Waals surface area contributed by atoms with Crippen molar-refractivity contribution in [3.8, 4) is 5.75 Å². The van der Waals surface area contributed by atoms with Crippen molar-refractivity contribution in [3.05, 3.63) is 94.9 Å². The number of rotatable bonds is 10. The number of carbonyl (C=O) groups excluding carboxylic acids is 1. The van der Waals surface area contributed by atoms with E-state index in [1.165, 1.54) is 18.9 Å². The molecule has 4 aromatic rings. The normalized spacial score (nSPS) is 14.4. The van der Waals surface area contributed by atoms with Gasteiger partial charge in [0, 0.05) is 36.9 Å². The summed E-state index contributed by atoms with van der Waals surface area (Å²) >= 11 is 0. The predicted octanol–water partition coefficient (Wildman–Crippen LogP) is 3.71. The molecule has 0 aliphatic carbocycles. The number of halogens is 3. The van der Waals surface area contributed by atoms with E-state index in [4.69, 9.17) is 4.74 Å². The second-order valence-corrected chi connectivity index (χ2v) is 11.2. The fourth-order valence-corrected chi connectivity index (χ4v) is 5.73. The molecule has 212 valence electrons. The highest BCUT2D eigenvalue weighted by Crippen LogP contribution is 2.34. The van der Waals surface area contributed by atoms with Gasteiger partial charge in [-0.15, -0.1) is 0 Å². The zero-order valence-electron chi connectivity index (χ0n) is 23.3. The summed E-state index contributed by atoms with van der Waals surface area (Å²) in [6.45, 7) is 7.38. The number of hydrogen-bond acceptors (Lipinski definition) is 3. The molecule has 1 aliphatic rings. The van der Waals surface area contributed by atoms with Gasteiger partial charge in [-0.2, -0.15) is 0 Å². The monoisotopic (exact) mass is 659 g/mol. The molecule has 1 saturated heterocycles. The van der Waals surface area contributed by atoms with Crippen LogP contribution in [0.4, 0.5) is 8.78 Å². The molecule has 3 heterocycles. The van der Waals surface area contributed by atoms with Crippen LogP contribution in [0.2, 0.25) is 0 Å². The smallest absolute Gasteiger partial charge is 0.165 e. The molecule has 0 bridgehead atoms. The van der Waals surface area contributed by atoms with Gasteiger partial charge in [0.1, 0.15) is 12.3 Å². The number of Topliss-reactive ketones (excluding diaryl/α,β-unsaturated/α-hetero) is 1. The Labute approximate surface area is 251 Å². The molecule has 8 heteroatoms.